The number of hydrogen-bond acceptors (Lipinski definition) is 3. The molecule has 2 N–H and O–H groups in total. The summed E-state index contributed by atoms with van der Waals surface area (Å²) < 4.78 is 0. The molecule has 18 heavy (non-hydrogen) atoms. The second kappa shape index (κ2) is 5.26. The number of nitrogens with zero attached hydrogens (tertiary/aromatic N) is 1. The summed E-state index contributed by atoms with van der Waals surface area (Å²) >= 11 is 0. The molecule has 1 unspecified atom stereocenters. The van der Waals surface area contributed by atoms with E-state index in [1.54, 1.807) is 0 Å². The van der Waals surface area contributed by atoms with Gasteiger partial charge in [-0.15, -0.1) is 0 Å². The van der Waals surface area contributed by atoms with E-state index in [2.05, 4.69) is 5.32 Å². The fourth-order valence-electron chi connectivity index (χ4n) is 2.92. The summed E-state index contributed by atoms with van der Waals surface area (Å²) in [5, 5.41) is 12.3. The fraction of sp³-hybridized carbons (Fsp3) is 0.846. The van der Waals surface area contributed by atoms with Crippen molar-refractivity contribution in [3.63, 3.8) is 0 Å². The van der Waals surface area contributed by atoms with Crippen molar-refractivity contribution in [1.29, 1.82) is 0 Å². The molecule has 0 radical (unpaired) electrons. The lowest BCUT2D eigenvalue weighted by Gasteiger charge is -2.40. The van der Waals surface area contributed by atoms with Gasteiger partial charge in [0.2, 0.25) is 5.91 Å². The monoisotopic (exact) mass is 254 g/mol. The lowest BCUT2D eigenvalue weighted by molar-refractivity contribution is -0.147. The average Bonchev–Trinajstić information content (AvgIpc) is 2.39. The second-order valence-electron chi connectivity index (χ2n) is 5.62. The highest BCUT2D eigenvalue weighted by Crippen LogP contribution is 2.25. The van der Waals surface area contributed by atoms with Crippen molar-refractivity contribution in [3.8, 4) is 0 Å². The number of carbonyl (C=O) groups is 2. The summed E-state index contributed by atoms with van der Waals surface area (Å²) in [5.74, 6) is -0.865. The first-order valence-electron chi connectivity index (χ1n) is 6.80. The Morgan fingerprint density at radius 3 is 2.44 bits per heavy atom. The van der Waals surface area contributed by atoms with Gasteiger partial charge in [0, 0.05) is 13.1 Å². The number of carboxylic acid groups (broad SMARTS) is 1. The second-order valence-corrected chi connectivity index (χ2v) is 5.62. The molecule has 0 saturated carbocycles. The molecule has 0 aromatic rings. The van der Waals surface area contributed by atoms with Crippen LogP contribution in [0.2, 0.25) is 0 Å². The zero-order valence-corrected chi connectivity index (χ0v) is 10.9. The molecule has 1 amide bonds. The van der Waals surface area contributed by atoms with E-state index in [0.717, 1.165) is 25.8 Å². The van der Waals surface area contributed by atoms with Gasteiger partial charge in [-0.1, -0.05) is 0 Å². The number of rotatable bonds is 2. The Balaban J connectivity index is 1.92. The van der Waals surface area contributed by atoms with Gasteiger partial charge in [-0.3, -0.25) is 9.59 Å². The third-order valence-electron chi connectivity index (χ3n) is 4.22. The van der Waals surface area contributed by atoms with Gasteiger partial charge in [0.15, 0.2) is 0 Å². The zero-order valence-electron chi connectivity index (χ0n) is 10.9. The molecule has 2 aliphatic rings. The van der Waals surface area contributed by atoms with E-state index in [1.165, 1.54) is 0 Å². The summed E-state index contributed by atoms with van der Waals surface area (Å²) in [6.45, 7) is 4.02. The summed E-state index contributed by atoms with van der Waals surface area (Å²) in [6.07, 6.45) is 4.25. The van der Waals surface area contributed by atoms with Gasteiger partial charge in [-0.25, -0.2) is 0 Å². The molecule has 2 fully saturated rings. The summed E-state index contributed by atoms with van der Waals surface area (Å²) in [5.41, 5.74) is -0.436. The largest absolute Gasteiger partial charge is 0.481 e. The Morgan fingerprint density at radius 2 is 1.94 bits per heavy atom. The number of carbonyl (C=O) groups excluding carboxylic acids is 1. The van der Waals surface area contributed by atoms with Gasteiger partial charge >= 0.3 is 5.97 Å². The molecule has 2 rings (SSSR count). The molecule has 0 aromatic heterocycles. The first-order chi connectivity index (χ1) is 8.53. The number of aliphatic carboxylic acids is 1. The van der Waals surface area contributed by atoms with Crippen LogP contribution < -0.4 is 5.32 Å². The molecule has 0 aliphatic carbocycles. The highest BCUT2D eigenvalue weighted by molar-refractivity contribution is 5.86. The minimum absolute atomic E-state index is 0.144. The van der Waals surface area contributed by atoms with Crippen LogP contribution in [0.3, 0.4) is 0 Å². The van der Waals surface area contributed by atoms with E-state index in [9.17, 15) is 9.59 Å². The third kappa shape index (κ3) is 2.66. The van der Waals surface area contributed by atoms with E-state index < -0.39 is 11.5 Å². The molecular formula is C13H22N2O3. The lowest BCUT2D eigenvalue weighted by Crippen LogP contribution is -2.59. The number of amides is 1. The highest BCUT2D eigenvalue weighted by atomic mass is 16.4. The van der Waals surface area contributed by atoms with Gasteiger partial charge in [0.1, 0.15) is 0 Å². The highest BCUT2D eigenvalue weighted by Gasteiger charge is 2.39. The molecule has 2 saturated heterocycles. The maximum atomic E-state index is 12.5. The molecule has 1 atom stereocenters. The van der Waals surface area contributed by atoms with Crippen LogP contribution in [0.5, 0.6) is 0 Å². The Bertz CT molecular complexity index is 329. The van der Waals surface area contributed by atoms with Crippen LogP contribution >= 0.6 is 0 Å². The molecule has 0 spiro atoms. The van der Waals surface area contributed by atoms with E-state index in [1.807, 2.05) is 11.8 Å². The predicted molar refractivity (Wildman–Crippen MR) is 67.2 cm³/mol. The Kier molecular flexibility index (Phi) is 3.90. The Hall–Kier alpha value is -1.10. The third-order valence-corrected chi connectivity index (χ3v) is 4.22. The van der Waals surface area contributed by atoms with Crippen molar-refractivity contribution in [1.82, 2.24) is 10.2 Å². The normalized spacial score (nSPS) is 30.2. The summed E-state index contributed by atoms with van der Waals surface area (Å²) in [7, 11) is 0. The van der Waals surface area contributed by atoms with Crippen LogP contribution in [-0.4, -0.2) is 47.1 Å². The maximum Gasteiger partial charge on any atom is 0.306 e. The fourth-order valence-corrected chi connectivity index (χ4v) is 2.92. The van der Waals surface area contributed by atoms with Crippen LogP contribution in [0.15, 0.2) is 0 Å². The number of likely N-dealkylation sites (tertiary alicyclic amines) is 1. The first kappa shape index (κ1) is 13.3. The van der Waals surface area contributed by atoms with Crippen LogP contribution in [0.1, 0.15) is 39.0 Å². The molecule has 2 aliphatic heterocycles. The topological polar surface area (TPSA) is 69.6 Å². The summed E-state index contributed by atoms with van der Waals surface area (Å²) in [4.78, 5) is 25.2. The van der Waals surface area contributed by atoms with Gasteiger partial charge < -0.3 is 15.3 Å². The molecule has 0 bridgehead atoms. The molecule has 5 nitrogen and oxygen atoms in total. The van der Waals surface area contributed by atoms with E-state index in [-0.39, 0.29) is 11.8 Å². The van der Waals surface area contributed by atoms with Crippen molar-refractivity contribution in [2.24, 2.45) is 5.92 Å². The summed E-state index contributed by atoms with van der Waals surface area (Å²) in [6, 6.07) is 0. The molecular weight excluding hydrogens is 232 g/mol. The van der Waals surface area contributed by atoms with E-state index in [4.69, 9.17) is 5.11 Å². The number of carboxylic acids is 1. The average molecular weight is 254 g/mol. The molecule has 0 aromatic carbocycles. The van der Waals surface area contributed by atoms with Crippen LogP contribution in [0, 0.1) is 5.92 Å². The number of hydrogen-bond donors (Lipinski definition) is 2. The van der Waals surface area contributed by atoms with Gasteiger partial charge in [-0.2, -0.15) is 0 Å². The Morgan fingerprint density at radius 1 is 1.28 bits per heavy atom. The van der Waals surface area contributed by atoms with E-state index >= 15 is 0 Å². The lowest BCUT2D eigenvalue weighted by atomic mass is 9.88. The van der Waals surface area contributed by atoms with Crippen molar-refractivity contribution >= 4 is 11.9 Å². The quantitative estimate of drug-likeness (QED) is 0.766. The smallest absolute Gasteiger partial charge is 0.306 e. The first-order valence-corrected chi connectivity index (χ1v) is 6.80. The molecule has 2 heterocycles. The van der Waals surface area contributed by atoms with Crippen molar-refractivity contribution in [3.05, 3.63) is 0 Å². The number of nitrogens with one attached hydrogen (secondary N) is 1. The predicted octanol–water partition coefficient (Wildman–Crippen LogP) is 0.842. The molecule has 102 valence electrons. The van der Waals surface area contributed by atoms with Gasteiger partial charge in [0.25, 0.3) is 0 Å². The van der Waals surface area contributed by atoms with Crippen molar-refractivity contribution in [2.45, 2.75) is 44.6 Å². The van der Waals surface area contributed by atoms with Crippen molar-refractivity contribution in [2.75, 3.05) is 19.6 Å². The van der Waals surface area contributed by atoms with Crippen LogP contribution in [0.4, 0.5) is 0 Å². The minimum atomic E-state index is -0.732. The van der Waals surface area contributed by atoms with Crippen molar-refractivity contribution < 1.29 is 14.7 Å². The SMILES string of the molecule is CC1(C(=O)N2CCC(C(=O)O)CC2)CCCCN1. The molecule has 5 heteroatoms. The van der Waals surface area contributed by atoms with Gasteiger partial charge in [-0.05, 0) is 45.6 Å². The maximum absolute atomic E-state index is 12.5. The standard InChI is InChI=1S/C13H22N2O3/c1-13(6-2-3-7-14-13)12(18)15-8-4-10(5-9-15)11(16)17/h10,14H,2-9H2,1H3,(H,16,17). The van der Waals surface area contributed by atoms with Crippen LogP contribution in [-0.2, 0) is 9.59 Å². The van der Waals surface area contributed by atoms with E-state index in [0.29, 0.717) is 25.9 Å². The van der Waals surface area contributed by atoms with Crippen LogP contribution in [0.25, 0.3) is 0 Å². The number of piperidine rings is 2. The minimum Gasteiger partial charge on any atom is -0.481 e. The Labute approximate surface area is 108 Å². The zero-order chi connectivity index (χ0) is 13.2. The van der Waals surface area contributed by atoms with Gasteiger partial charge in [0.05, 0.1) is 11.5 Å².